The molecule has 1 fully saturated rings. The van der Waals surface area contributed by atoms with Gasteiger partial charge >= 0.3 is 5.97 Å². The SMILES string of the molecule is CCCC(=O)N1CCCC1C(=O)N(C)Cc1cc(C(=O)O)c(C)o1. The lowest BCUT2D eigenvalue weighted by Gasteiger charge is -2.27. The lowest BCUT2D eigenvalue weighted by atomic mass is 10.1. The molecule has 1 N–H and O–H groups in total. The Balaban J connectivity index is 2.05. The van der Waals surface area contributed by atoms with Gasteiger partial charge in [0.1, 0.15) is 23.1 Å². The van der Waals surface area contributed by atoms with Gasteiger partial charge < -0.3 is 19.3 Å². The number of hydrogen-bond donors (Lipinski definition) is 1. The van der Waals surface area contributed by atoms with E-state index in [-0.39, 0.29) is 23.9 Å². The maximum Gasteiger partial charge on any atom is 0.339 e. The van der Waals surface area contributed by atoms with Gasteiger partial charge in [-0.15, -0.1) is 0 Å². The number of carboxylic acids is 1. The van der Waals surface area contributed by atoms with Crippen molar-refractivity contribution in [2.24, 2.45) is 0 Å². The van der Waals surface area contributed by atoms with Crippen molar-refractivity contribution in [1.82, 2.24) is 9.80 Å². The van der Waals surface area contributed by atoms with Gasteiger partial charge in [-0.2, -0.15) is 0 Å². The van der Waals surface area contributed by atoms with Crippen molar-refractivity contribution in [2.75, 3.05) is 13.6 Å². The monoisotopic (exact) mass is 336 g/mol. The summed E-state index contributed by atoms with van der Waals surface area (Å²) in [5.41, 5.74) is 0.103. The lowest BCUT2D eigenvalue weighted by molar-refractivity contribution is -0.143. The smallest absolute Gasteiger partial charge is 0.339 e. The van der Waals surface area contributed by atoms with E-state index in [4.69, 9.17) is 9.52 Å². The molecule has 0 radical (unpaired) electrons. The molecule has 2 heterocycles. The highest BCUT2D eigenvalue weighted by Crippen LogP contribution is 2.22. The number of furan rings is 1. The second-order valence-electron chi connectivity index (χ2n) is 6.18. The third-order valence-electron chi connectivity index (χ3n) is 4.29. The molecule has 1 aromatic rings. The number of rotatable bonds is 6. The maximum absolute atomic E-state index is 12.7. The molecule has 24 heavy (non-hydrogen) atoms. The van der Waals surface area contributed by atoms with Crippen molar-refractivity contribution >= 4 is 17.8 Å². The molecule has 0 saturated carbocycles. The van der Waals surface area contributed by atoms with Crippen LogP contribution in [0.3, 0.4) is 0 Å². The summed E-state index contributed by atoms with van der Waals surface area (Å²) in [6.45, 7) is 4.32. The van der Waals surface area contributed by atoms with E-state index in [1.165, 1.54) is 11.0 Å². The molecule has 7 heteroatoms. The van der Waals surface area contributed by atoms with E-state index in [0.29, 0.717) is 30.9 Å². The van der Waals surface area contributed by atoms with Crippen molar-refractivity contribution in [3.63, 3.8) is 0 Å². The average Bonchev–Trinajstić information content (AvgIpc) is 3.13. The van der Waals surface area contributed by atoms with Gasteiger partial charge in [0, 0.05) is 20.0 Å². The first-order valence-corrected chi connectivity index (χ1v) is 8.22. The Morgan fingerprint density at radius 2 is 2.12 bits per heavy atom. The Morgan fingerprint density at radius 1 is 1.42 bits per heavy atom. The molecule has 1 aromatic heterocycles. The molecule has 2 rings (SSSR count). The zero-order chi connectivity index (χ0) is 17.9. The molecule has 132 valence electrons. The first-order chi connectivity index (χ1) is 11.3. The second kappa shape index (κ2) is 7.51. The van der Waals surface area contributed by atoms with Crippen LogP contribution < -0.4 is 0 Å². The minimum atomic E-state index is -1.05. The maximum atomic E-state index is 12.7. The van der Waals surface area contributed by atoms with Crippen LogP contribution in [0.15, 0.2) is 10.5 Å². The summed E-state index contributed by atoms with van der Waals surface area (Å²) in [4.78, 5) is 39.0. The van der Waals surface area contributed by atoms with Crippen molar-refractivity contribution in [3.8, 4) is 0 Å². The molecule has 0 aliphatic carbocycles. The van der Waals surface area contributed by atoms with Crippen LogP contribution in [0.5, 0.6) is 0 Å². The normalized spacial score (nSPS) is 17.1. The topological polar surface area (TPSA) is 91.1 Å². The number of carboxylic acid groups (broad SMARTS) is 1. The summed E-state index contributed by atoms with van der Waals surface area (Å²) in [6.07, 6.45) is 2.70. The Hall–Kier alpha value is -2.31. The van der Waals surface area contributed by atoms with E-state index in [9.17, 15) is 14.4 Å². The lowest BCUT2D eigenvalue weighted by Crippen LogP contribution is -2.46. The molecule has 1 atom stereocenters. The van der Waals surface area contributed by atoms with Crippen molar-refractivity contribution in [1.29, 1.82) is 0 Å². The first kappa shape index (κ1) is 18.0. The first-order valence-electron chi connectivity index (χ1n) is 8.22. The summed E-state index contributed by atoms with van der Waals surface area (Å²) in [6, 6.07) is 1.01. The third kappa shape index (κ3) is 3.77. The molecule has 0 bridgehead atoms. The molecule has 0 aromatic carbocycles. The highest BCUT2D eigenvalue weighted by atomic mass is 16.4. The van der Waals surface area contributed by atoms with Crippen LogP contribution in [0.1, 0.15) is 54.5 Å². The molecular formula is C17H24N2O5. The Morgan fingerprint density at radius 3 is 2.71 bits per heavy atom. The number of aromatic carboxylic acids is 1. The Bertz CT molecular complexity index is 637. The van der Waals surface area contributed by atoms with Crippen LogP contribution in [0, 0.1) is 6.92 Å². The number of nitrogens with zero attached hydrogens (tertiary/aromatic N) is 2. The van der Waals surface area contributed by atoms with Crippen LogP contribution in [-0.4, -0.2) is 52.3 Å². The number of likely N-dealkylation sites (N-methyl/N-ethyl adjacent to an activating group) is 1. The van der Waals surface area contributed by atoms with Crippen molar-refractivity contribution in [3.05, 3.63) is 23.2 Å². The zero-order valence-corrected chi connectivity index (χ0v) is 14.4. The number of likely N-dealkylation sites (tertiary alicyclic amines) is 1. The second-order valence-corrected chi connectivity index (χ2v) is 6.18. The van der Waals surface area contributed by atoms with E-state index >= 15 is 0 Å². The third-order valence-corrected chi connectivity index (χ3v) is 4.29. The summed E-state index contributed by atoms with van der Waals surface area (Å²) in [5.74, 6) is -0.431. The summed E-state index contributed by atoms with van der Waals surface area (Å²) in [5, 5.41) is 9.06. The Labute approximate surface area is 141 Å². The van der Waals surface area contributed by atoms with Gasteiger partial charge in [-0.3, -0.25) is 9.59 Å². The average molecular weight is 336 g/mol. The number of aryl methyl sites for hydroxylation is 1. The predicted molar refractivity (Wildman–Crippen MR) is 86.5 cm³/mol. The van der Waals surface area contributed by atoms with E-state index in [2.05, 4.69) is 0 Å². The van der Waals surface area contributed by atoms with Gasteiger partial charge in [0.2, 0.25) is 11.8 Å². The van der Waals surface area contributed by atoms with Crippen LogP contribution in [-0.2, 0) is 16.1 Å². The van der Waals surface area contributed by atoms with Gasteiger partial charge in [-0.25, -0.2) is 4.79 Å². The van der Waals surface area contributed by atoms with E-state index < -0.39 is 12.0 Å². The predicted octanol–water partition coefficient (Wildman–Crippen LogP) is 2.04. The van der Waals surface area contributed by atoms with Gasteiger partial charge in [-0.05, 0) is 32.3 Å². The van der Waals surface area contributed by atoms with Crippen molar-refractivity contribution < 1.29 is 23.9 Å². The minimum absolute atomic E-state index is 0.0174. The van der Waals surface area contributed by atoms with Gasteiger partial charge in [-0.1, -0.05) is 6.92 Å². The quantitative estimate of drug-likeness (QED) is 0.858. The van der Waals surface area contributed by atoms with Crippen LogP contribution >= 0.6 is 0 Å². The van der Waals surface area contributed by atoms with Crippen LogP contribution in [0.4, 0.5) is 0 Å². The van der Waals surface area contributed by atoms with Gasteiger partial charge in [0.05, 0.1) is 6.54 Å². The summed E-state index contributed by atoms with van der Waals surface area (Å²) < 4.78 is 5.42. The fourth-order valence-electron chi connectivity index (χ4n) is 3.08. The number of hydrogen-bond acceptors (Lipinski definition) is 4. The highest BCUT2D eigenvalue weighted by Gasteiger charge is 2.35. The van der Waals surface area contributed by atoms with Gasteiger partial charge in [0.25, 0.3) is 0 Å². The largest absolute Gasteiger partial charge is 0.478 e. The van der Waals surface area contributed by atoms with Gasteiger partial charge in [0.15, 0.2) is 0 Å². The molecular weight excluding hydrogens is 312 g/mol. The molecule has 1 aliphatic rings. The standard InChI is InChI=1S/C17H24N2O5/c1-4-6-15(20)19-8-5-7-14(19)16(21)18(3)10-12-9-13(17(22)23)11(2)24-12/h9,14H,4-8,10H2,1-3H3,(H,22,23). The van der Waals surface area contributed by atoms with E-state index in [0.717, 1.165) is 12.8 Å². The van der Waals surface area contributed by atoms with Crippen LogP contribution in [0.25, 0.3) is 0 Å². The molecule has 0 spiro atoms. The number of carbonyl (C=O) groups is 3. The van der Waals surface area contributed by atoms with E-state index in [1.807, 2.05) is 6.92 Å². The zero-order valence-electron chi connectivity index (χ0n) is 14.4. The number of carbonyl (C=O) groups excluding carboxylic acids is 2. The van der Waals surface area contributed by atoms with Crippen LogP contribution in [0.2, 0.25) is 0 Å². The molecule has 1 unspecified atom stereocenters. The molecule has 1 aliphatic heterocycles. The Kier molecular flexibility index (Phi) is 5.64. The molecule has 2 amide bonds. The number of amides is 2. The molecule has 7 nitrogen and oxygen atoms in total. The minimum Gasteiger partial charge on any atom is -0.478 e. The summed E-state index contributed by atoms with van der Waals surface area (Å²) in [7, 11) is 1.64. The van der Waals surface area contributed by atoms with Crippen molar-refractivity contribution in [2.45, 2.75) is 52.1 Å². The summed E-state index contributed by atoms with van der Waals surface area (Å²) >= 11 is 0. The highest BCUT2D eigenvalue weighted by molar-refractivity contribution is 5.89. The van der Waals surface area contributed by atoms with E-state index in [1.54, 1.807) is 18.9 Å². The molecule has 1 saturated heterocycles. The fraction of sp³-hybridized carbons (Fsp3) is 0.588. The fourth-order valence-corrected chi connectivity index (χ4v) is 3.08.